The number of nitrogens with two attached hydrogens (primary N) is 1. The molecular weight excluding hydrogens is 256 g/mol. The Kier molecular flexibility index (Phi) is 3.25. The maximum absolute atomic E-state index is 11.0. The van der Waals surface area contributed by atoms with Crippen molar-refractivity contribution >= 4 is 22.9 Å². The van der Waals surface area contributed by atoms with Crippen LogP contribution >= 0.6 is 11.3 Å². The quantitative estimate of drug-likeness (QED) is 0.899. The first-order valence-electron chi connectivity index (χ1n) is 6.45. The summed E-state index contributed by atoms with van der Waals surface area (Å²) < 4.78 is 0. The van der Waals surface area contributed by atoms with Crippen molar-refractivity contribution in [3.05, 3.63) is 51.2 Å². The van der Waals surface area contributed by atoms with E-state index in [4.69, 9.17) is 5.73 Å². The summed E-state index contributed by atoms with van der Waals surface area (Å²) >= 11 is 1.56. The van der Waals surface area contributed by atoms with Gasteiger partial charge in [-0.1, -0.05) is 6.07 Å². The fourth-order valence-corrected chi connectivity index (χ4v) is 3.29. The van der Waals surface area contributed by atoms with Gasteiger partial charge in [-0.25, -0.2) is 0 Å². The SMILES string of the molecule is NC(=O)c1csc(CNc2ccc3c(c2)CCC3)c1. The van der Waals surface area contributed by atoms with Crippen LogP contribution in [0.4, 0.5) is 5.69 Å². The minimum Gasteiger partial charge on any atom is -0.380 e. The highest BCUT2D eigenvalue weighted by Gasteiger charge is 2.10. The van der Waals surface area contributed by atoms with Crippen molar-refractivity contribution in [1.82, 2.24) is 0 Å². The summed E-state index contributed by atoms with van der Waals surface area (Å²) in [5, 5.41) is 5.21. The van der Waals surface area contributed by atoms with Crippen LogP contribution in [0.2, 0.25) is 0 Å². The molecule has 0 saturated carbocycles. The molecule has 19 heavy (non-hydrogen) atoms. The molecule has 1 aromatic carbocycles. The van der Waals surface area contributed by atoms with Crippen molar-refractivity contribution in [3.63, 3.8) is 0 Å². The van der Waals surface area contributed by atoms with Crippen molar-refractivity contribution in [2.75, 3.05) is 5.32 Å². The molecule has 3 rings (SSSR count). The van der Waals surface area contributed by atoms with Crippen LogP contribution in [0.5, 0.6) is 0 Å². The lowest BCUT2D eigenvalue weighted by Gasteiger charge is -2.07. The Morgan fingerprint density at radius 3 is 2.89 bits per heavy atom. The first-order valence-corrected chi connectivity index (χ1v) is 7.33. The van der Waals surface area contributed by atoms with Gasteiger partial charge in [0, 0.05) is 22.5 Å². The highest BCUT2D eigenvalue weighted by Crippen LogP contribution is 2.25. The highest BCUT2D eigenvalue weighted by atomic mass is 32.1. The third-order valence-corrected chi connectivity index (χ3v) is 4.44. The Labute approximate surface area is 116 Å². The van der Waals surface area contributed by atoms with Gasteiger partial charge in [0.15, 0.2) is 0 Å². The first-order chi connectivity index (χ1) is 9.22. The van der Waals surface area contributed by atoms with Crippen LogP contribution in [-0.2, 0) is 19.4 Å². The van der Waals surface area contributed by atoms with Gasteiger partial charge in [-0.05, 0) is 48.6 Å². The molecule has 0 bridgehead atoms. The Bertz CT molecular complexity index is 618. The molecule has 0 fully saturated rings. The highest BCUT2D eigenvalue weighted by molar-refractivity contribution is 7.10. The van der Waals surface area contributed by atoms with Gasteiger partial charge in [-0.15, -0.1) is 11.3 Å². The molecule has 1 heterocycles. The van der Waals surface area contributed by atoms with E-state index in [-0.39, 0.29) is 5.91 Å². The largest absolute Gasteiger partial charge is 0.380 e. The number of primary amides is 1. The van der Waals surface area contributed by atoms with Crippen molar-refractivity contribution in [2.45, 2.75) is 25.8 Å². The number of hydrogen-bond donors (Lipinski definition) is 2. The maximum atomic E-state index is 11.0. The topological polar surface area (TPSA) is 55.1 Å². The van der Waals surface area contributed by atoms with Crippen LogP contribution in [0.1, 0.15) is 32.8 Å². The third kappa shape index (κ3) is 2.63. The zero-order valence-electron chi connectivity index (χ0n) is 10.6. The Morgan fingerprint density at radius 2 is 2.11 bits per heavy atom. The number of fused-ring (bicyclic) bond motifs is 1. The van der Waals surface area contributed by atoms with Crippen molar-refractivity contribution < 1.29 is 4.79 Å². The molecule has 3 nitrogen and oxygen atoms in total. The zero-order valence-corrected chi connectivity index (χ0v) is 11.4. The van der Waals surface area contributed by atoms with E-state index in [1.807, 2.05) is 11.4 Å². The van der Waals surface area contributed by atoms with Crippen molar-refractivity contribution in [3.8, 4) is 0 Å². The average Bonchev–Trinajstić information content (AvgIpc) is 3.04. The van der Waals surface area contributed by atoms with Crippen molar-refractivity contribution in [1.29, 1.82) is 0 Å². The lowest BCUT2D eigenvalue weighted by Crippen LogP contribution is -2.09. The fraction of sp³-hybridized carbons (Fsp3) is 0.267. The number of benzene rings is 1. The second-order valence-corrected chi connectivity index (χ2v) is 5.85. The fourth-order valence-electron chi connectivity index (χ4n) is 2.47. The molecule has 0 aliphatic heterocycles. The lowest BCUT2D eigenvalue weighted by atomic mass is 10.1. The van der Waals surface area contributed by atoms with Crippen LogP contribution in [0.25, 0.3) is 0 Å². The predicted molar refractivity (Wildman–Crippen MR) is 78.6 cm³/mol. The van der Waals surface area contributed by atoms with Gasteiger partial charge in [0.05, 0.1) is 5.56 Å². The monoisotopic (exact) mass is 272 g/mol. The number of aryl methyl sites for hydroxylation is 2. The summed E-state index contributed by atoms with van der Waals surface area (Å²) in [6, 6.07) is 8.44. The van der Waals surface area contributed by atoms with Gasteiger partial charge >= 0.3 is 0 Å². The minimum atomic E-state index is -0.361. The van der Waals surface area contributed by atoms with Crippen LogP contribution in [-0.4, -0.2) is 5.91 Å². The van der Waals surface area contributed by atoms with E-state index in [9.17, 15) is 4.79 Å². The second kappa shape index (κ2) is 5.05. The molecule has 4 heteroatoms. The standard InChI is InChI=1S/C15H16N2OS/c16-15(18)12-7-14(19-9-12)8-17-13-5-4-10-2-1-3-11(10)6-13/h4-7,9,17H,1-3,8H2,(H2,16,18). The van der Waals surface area contributed by atoms with E-state index in [1.54, 1.807) is 11.3 Å². The van der Waals surface area contributed by atoms with Gasteiger partial charge in [-0.2, -0.15) is 0 Å². The van der Waals surface area contributed by atoms with Crippen LogP contribution in [0.3, 0.4) is 0 Å². The number of hydrogen-bond acceptors (Lipinski definition) is 3. The minimum absolute atomic E-state index is 0.361. The smallest absolute Gasteiger partial charge is 0.249 e. The second-order valence-electron chi connectivity index (χ2n) is 4.86. The molecule has 0 spiro atoms. The number of carbonyl (C=O) groups is 1. The molecule has 3 N–H and O–H groups in total. The summed E-state index contributed by atoms with van der Waals surface area (Å²) in [5.74, 6) is -0.361. The molecule has 0 unspecified atom stereocenters. The lowest BCUT2D eigenvalue weighted by molar-refractivity contribution is 0.100. The van der Waals surface area contributed by atoms with E-state index >= 15 is 0 Å². The van der Waals surface area contributed by atoms with Crippen LogP contribution in [0.15, 0.2) is 29.6 Å². The first kappa shape index (κ1) is 12.2. The van der Waals surface area contributed by atoms with Gasteiger partial charge in [-0.3, -0.25) is 4.79 Å². The molecule has 0 atom stereocenters. The number of amides is 1. The summed E-state index contributed by atoms with van der Waals surface area (Å²) in [5.41, 5.74) is 9.93. The van der Waals surface area contributed by atoms with E-state index in [2.05, 4.69) is 23.5 Å². The number of thiophene rings is 1. The molecule has 1 aromatic heterocycles. The summed E-state index contributed by atoms with van der Waals surface area (Å²) in [7, 11) is 0. The molecule has 1 amide bonds. The normalized spacial score (nSPS) is 13.3. The number of nitrogens with one attached hydrogen (secondary N) is 1. The predicted octanol–water partition coefficient (Wildman–Crippen LogP) is 2.95. The Balaban J connectivity index is 1.67. The molecular formula is C15H16N2OS. The molecule has 2 aromatic rings. The molecule has 1 aliphatic carbocycles. The van der Waals surface area contributed by atoms with Gasteiger partial charge in [0.2, 0.25) is 5.91 Å². The number of anilines is 1. The van der Waals surface area contributed by atoms with E-state index in [0.29, 0.717) is 5.56 Å². The van der Waals surface area contributed by atoms with Gasteiger partial charge < -0.3 is 11.1 Å². The van der Waals surface area contributed by atoms with E-state index in [1.165, 1.54) is 30.4 Å². The average molecular weight is 272 g/mol. The molecule has 98 valence electrons. The van der Waals surface area contributed by atoms with Crippen LogP contribution in [0, 0.1) is 0 Å². The van der Waals surface area contributed by atoms with Gasteiger partial charge in [0.25, 0.3) is 0 Å². The molecule has 0 radical (unpaired) electrons. The van der Waals surface area contributed by atoms with Gasteiger partial charge in [0.1, 0.15) is 0 Å². The van der Waals surface area contributed by atoms with Crippen molar-refractivity contribution in [2.24, 2.45) is 5.73 Å². The maximum Gasteiger partial charge on any atom is 0.249 e. The molecule has 1 aliphatic rings. The summed E-state index contributed by atoms with van der Waals surface area (Å²) in [6.45, 7) is 0.733. The van der Waals surface area contributed by atoms with E-state index in [0.717, 1.165) is 17.1 Å². The molecule has 0 saturated heterocycles. The summed E-state index contributed by atoms with van der Waals surface area (Å²) in [6.07, 6.45) is 3.67. The third-order valence-electron chi connectivity index (χ3n) is 3.50. The Morgan fingerprint density at radius 1 is 1.26 bits per heavy atom. The zero-order chi connectivity index (χ0) is 13.2. The van der Waals surface area contributed by atoms with Crippen LogP contribution < -0.4 is 11.1 Å². The van der Waals surface area contributed by atoms with E-state index < -0.39 is 0 Å². The Hall–Kier alpha value is -1.81. The summed E-state index contributed by atoms with van der Waals surface area (Å²) in [4.78, 5) is 12.1. The number of rotatable bonds is 4. The number of carbonyl (C=O) groups excluding carboxylic acids is 1.